The Morgan fingerprint density at radius 2 is 2.03 bits per heavy atom. The molecular weight excluding hydrogens is 490 g/mol. The number of hydrogen-bond acceptors (Lipinski definition) is 6. The fourth-order valence-electron chi connectivity index (χ4n) is 3.43. The van der Waals surface area contributed by atoms with Crippen LogP contribution in [0.2, 0.25) is 0 Å². The van der Waals surface area contributed by atoms with Gasteiger partial charge in [-0.1, -0.05) is 27.3 Å². The van der Waals surface area contributed by atoms with Gasteiger partial charge in [0, 0.05) is 17.6 Å². The Bertz CT molecular complexity index is 1180. The topological polar surface area (TPSA) is 88.6 Å². The van der Waals surface area contributed by atoms with Gasteiger partial charge in [0.15, 0.2) is 5.13 Å². The zero-order valence-electron chi connectivity index (χ0n) is 16.2. The molecule has 0 saturated carbocycles. The van der Waals surface area contributed by atoms with Gasteiger partial charge in [-0.3, -0.25) is 4.79 Å². The van der Waals surface area contributed by atoms with Crippen molar-refractivity contribution < 1.29 is 17.9 Å². The fourth-order valence-corrected chi connectivity index (χ4v) is 6.38. The average Bonchev–Trinajstić information content (AvgIpc) is 3.15. The normalized spacial score (nSPS) is 17.7. The van der Waals surface area contributed by atoms with Crippen LogP contribution in [0.5, 0.6) is 5.75 Å². The number of ether oxygens (including phenoxy) is 1. The summed E-state index contributed by atoms with van der Waals surface area (Å²) in [6.45, 7) is 0.546. The Morgan fingerprint density at radius 3 is 2.77 bits per heavy atom. The lowest BCUT2D eigenvalue weighted by atomic mass is 9.99. The van der Waals surface area contributed by atoms with Gasteiger partial charge in [0.25, 0.3) is 0 Å². The molecule has 3 aromatic rings. The van der Waals surface area contributed by atoms with E-state index in [1.165, 1.54) is 34.9 Å². The van der Waals surface area contributed by atoms with Gasteiger partial charge >= 0.3 is 0 Å². The number of carbonyl (C=O) groups is 1. The minimum absolute atomic E-state index is 0.149. The third-order valence-electron chi connectivity index (χ3n) is 5.03. The summed E-state index contributed by atoms with van der Waals surface area (Å²) in [6.07, 6.45) is 1.26. The summed E-state index contributed by atoms with van der Waals surface area (Å²) in [5.74, 6) is -0.0408. The molecule has 1 fully saturated rings. The number of rotatable bonds is 5. The van der Waals surface area contributed by atoms with Crippen LogP contribution < -0.4 is 10.1 Å². The number of amides is 1. The van der Waals surface area contributed by atoms with E-state index >= 15 is 0 Å². The zero-order chi connectivity index (χ0) is 21.3. The summed E-state index contributed by atoms with van der Waals surface area (Å²) < 4.78 is 34.4. The molecule has 1 N–H and O–H groups in total. The second-order valence-corrected chi connectivity index (χ2v) is 10.9. The number of aromatic nitrogens is 1. The van der Waals surface area contributed by atoms with E-state index in [0.717, 1.165) is 14.7 Å². The van der Waals surface area contributed by atoms with E-state index in [-0.39, 0.29) is 17.3 Å². The van der Waals surface area contributed by atoms with Gasteiger partial charge in [0.1, 0.15) is 5.75 Å². The number of nitrogens with zero attached hydrogens (tertiary/aromatic N) is 2. The molecule has 1 saturated heterocycles. The highest BCUT2D eigenvalue weighted by atomic mass is 79.9. The summed E-state index contributed by atoms with van der Waals surface area (Å²) in [6, 6.07) is 12.0. The van der Waals surface area contributed by atoms with Crippen LogP contribution in [0.4, 0.5) is 5.13 Å². The van der Waals surface area contributed by atoms with Crippen LogP contribution >= 0.6 is 27.3 Å². The summed E-state index contributed by atoms with van der Waals surface area (Å²) in [4.78, 5) is 17.4. The van der Waals surface area contributed by atoms with Gasteiger partial charge in [0.2, 0.25) is 15.9 Å². The smallest absolute Gasteiger partial charge is 0.243 e. The quantitative estimate of drug-likeness (QED) is 0.558. The van der Waals surface area contributed by atoms with Crippen molar-refractivity contribution in [2.45, 2.75) is 17.7 Å². The molecule has 1 aliphatic heterocycles. The third-order valence-corrected chi connectivity index (χ3v) is 8.34. The first-order valence-corrected chi connectivity index (χ1v) is 12.4. The van der Waals surface area contributed by atoms with E-state index in [4.69, 9.17) is 4.74 Å². The molecule has 0 radical (unpaired) electrons. The number of benzene rings is 2. The number of nitrogens with one attached hydrogen (secondary N) is 1. The maximum atomic E-state index is 13.0. The summed E-state index contributed by atoms with van der Waals surface area (Å²) >= 11 is 4.82. The van der Waals surface area contributed by atoms with Crippen molar-refractivity contribution >= 4 is 58.5 Å². The molecule has 2 heterocycles. The van der Waals surface area contributed by atoms with Gasteiger partial charge in [-0.25, -0.2) is 13.4 Å². The largest absolute Gasteiger partial charge is 0.497 e. The maximum Gasteiger partial charge on any atom is 0.243 e. The van der Waals surface area contributed by atoms with Crippen molar-refractivity contribution in [2.24, 2.45) is 5.92 Å². The Balaban J connectivity index is 1.47. The number of methoxy groups -OCH3 is 1. The molecule has 0 bridgehead atoms. The van der Waals surface area contributed by atoms with Gasteiger partial charge < -0.3 is 10.1 Å². The molecule has 1 atom stereocenters. The summed E-state index contributed by atoms with van der Waals surface area (Å²) in [7, 11) is -2.14. The van der Waals surface area contributed by atoms with E-state index in [0.29, 0.717) is 30.3 Å². The van der Waals surface area contributed by atoms with Crippen molar-refractivity contribution in [1.82, 2.24) is 9.29 Å². The molecule has 30 heavy (non-hydrogen) atoms. The lowest BCUT2D eigenvalue weighted by Crippen LogP contribution is -2.43. The highest BCUT2D eigenvalue weighted by Gasteiger charge is 2.33. The monoisotopic (exact) mass is 509 g/mol. The molecule has 1 aliphatic rings. The lowest BCUT2D eigenvalue weighted by molar-refractivity contribution is -0.120. The molecule has 4 rings (SSSR count). The van der Waals surface area contributed by atoms with Crippen molar-refractivity contribution in [2.75, 3.05) is 25.5 Å². The minimum atomic E-state index is -3.67. The van der Waals surface area contributed by atoms with E-state index < -0.39 is 15.9 Å². The SMILES string of the molecule is COc1ccc(S(=O)(=O)N2CCCC(C(=O)Nc3nc4ccc(Br)cc4s3)C2)cc1. The van der Waals surface area contributed by atoms with E-state index in [1.54, 1.807) is 12.1 Å². The van der Waals surface area contributed by atoms with E-state index in [9.17, 15) is 13.2 Å². The summed E-state index contributed by atoms with van der Waals surface area (Å²) in [5, 5.41) is 3.38. The van der Waals surface area contributed by atoms with Crippen molar-refractivity contribution in [1.29, 1.82) is 0 Å². The van der Waals surface area contributed by atoms with Crippen LogP contribution in [-0.4, -0.2) is 43.8 Å². The molecule has 0 spiro atoms. The van der Waals surface area contributed by atoms with Crippen LogP contribution in [0, 0.1) is 5.92 Å². The average molecular weight is 510 g/mol. The second-order valence-electron chi connectivity index (χ2n) is 7.00. The van der Waals surface area contributed by atoms with Gasteiger partial charge in [-0.05, 0) is 55.3 Å². The maximum absolute atomic E-state index is 13.0. The highest BCUT2D eigenvalue weighted by Crippen LogP contribution is 2.30. The van der Waals surface area contributed by atoms with Crippen LogP contribution in [0.1, 0.15) is 12.8 Å². The summed E-state index contributed by atoms with van der Waals surface area (Å²) in [5.41, 5.74) is 0.811. The molecule has 1 amide bonds. The predicted octanol–water partition coefficient (Wildman–Crippen LogP) is 4.11. The number of piperidine rings is 1. The molecule has 1 unspecified atom stereocenters. The molecule has 1 aromatic heterocycles. The first-order valence-electron chi connectivity index (χ1n) is 9.38. The molecule has 0 aliphatic carbocycles. The third kappa shape index (κ3) is 4.36. The number of fused-ring (bicyclic) bond motifs is 1. The van der Waals surface area contributed by atoms with E-state index in [1.807, 2.05) is 18.2 Å². The highest BCUT2D eigenvalue weighted by molar-refractivity contribution is 9.10. The van der Waals surface area contributed by atoms with Crippen LogP contribution in [-0.2, 0) is 14.8 Å². The number of carbonyl (C=O) groups excluding carboxylic acids is 1. The molecule has 158 valence electrons. The zero-order valence-corrected chi connectivity index (χ0v) is 19.4. The van der Waals surface area contributed by atoms with Crippen molar-refractivity contribution in [3.8, 4) is 5.75 Å². The fraction of sp³-hybridized carbons (Fsp3) is 0.300. The second kappa shape index (κ2) is 8.62. The van der Waals surface area contributed by atoms with Crippen LogP contribution in [0.3, 0.4) is 0 Å². The molecule has 10 heteroatoms. The first-order chi connectivity index (χ1) is 14.4. The molecule has 7 nitrogen and oxygen atoms in total. The number of sulfonamides is 1. The Morgan fingerprint density at radius 1 is 1.27 bits per heavy atom. The van der Waals surface area contributed by atoms with Gasteiger partial charge in [-0.15, -0.1) is 0 Å². The number of thiazole rings is 1. The van der Waals surface area contributed by atoms with Crippen LogP contribution in [0.15, 0.2) is 51.8 Å². The number of anilines is 1. The predicted molar refractivity (Wildman–Crippen MR) is 120 cm³/mol. The first kappa shape index (κ1) is 21.2. The van der Waals surface area contributed by atoms with Gasteiger partial charge in [0.05, 0.1) is 28.1 Å². The van der Waals surface area contributed by atoms with Gasteiger partial charge in [-0.2, -0.15) is 4.31 Å². The molecule has 2 aromatic carbocycles. The minimum Gasteiger partial charge on any atom is -0.497 e. The van der Waals surface area contributed by atoms with Crippen molar-refractivity contribution in [3.63, 3.8) is 0 Å². The van der Waals surface area contributed by atoms with E-state index in [2.05, 4.69) is 26.2 Å². The Hall–Kier alpha value is -2.01. The number of halogens is 1. The lowest BCUT2D eigenvalue weighted by Gasteiger charge is -2.31. The Labute approximate surface area is 187 Å². The van der Waals surface area contributed by atoms with Crippen LogP contribution in [0.25, 0.3) is 10.2 Å². The standard InChI is InChI=1S/C20H20BrN3O4S2/c1-28-15-5-7-16(8-6-15)30(26,27)24-10-2-3-13(12-24)19(25)23-20-22-17-9-4-14(21)11-18(17)29-20/h4-9,11,13H,2-3,10,12H2,1H3,(H,22,23,25). The molecular formula is C20H20BrN3O4S2. The number of hydrogen-bond donors (Lipinski definition) is 1. The Kier molecular flexibility index (Phi) is 6.10. The van der Waals surface area contributed by atoms with Crippen molar-refractivity contribution in [3.05, 3.63) is 46.9 Å².